The van der Waals surface area contributed by atoms with Crippen molar-refractivity contribution in [2.24, 2.45) is 0 Å². The summed E-state index contributed by atoms with van der Waals surface area (Å²) in [5, 5.41) is 14.7. The van der Waals surface area contributed by atoms with Gasteiger partial charge in [-0.25, -0.2) is 4.68 Å². The van der Waals surface area contributed by atoms with Gasteiger partial charge < -0.3 is 9.84 Å². The summed E-state index contributed by atoms with van der Waals surface area (Å²) in [5.74, 6) is -0.0979. The molecule has 1 N–H and O–H groups in total. The van der Waals surface area contributed by atoms with Crippen LogP contribution < -0.4 is 4.74 Å². The number of carboxylic acids is 1. The SMILES string of the molecule is CCCOc1ccc(CCC(=O)O)cc1-c1cc(-c2cccc(Br)c2)n(-c2ccc(Cl)cc2)n1. The molecular formula is C27H24BrClN2O3. The summed E-state index contributed by atoms with van der Waals surface area (Å²) in [6.07, 6.45) is 1.38. The molecule has 34 heavy (non-hydrogen) atoms. The fourth-order valence-corrected chi connectivity index (χ4v) is 4.19. The van der Waals surface area contributed by atoms with Crippen molar-refractivity contribution in [1.82, 2.24) is 9.78 Å². The van der Waals surface area contributed by atoms with E-state index in [0.29, 0.717) is 18.1 Å². The van der Waals surface area contributed by atoms with Gasteiger partial charge in [0.25, 0.3) is 0 Å². The zero-order valence-corrected chi connectivity index (χ0v) is 21.0. The lowest BCUT2D eigenvalue weighted by molar-refractivity contribution is -0.136. The fraction of sp³-hybridized carbons (Fsp3) is 0.185. The van der Waals surface area contributed by atoms with E-state index in [-0.39, 0.29) is 6.42 Å². The molecule has 0 bridgehead atoms. The second-order valence-electron chi connectivity index (χ2n) is 7.89. The summed E-state index contributed by atoms with van der Waals surface area (Å²) in [5.41, 5.74) is 5.29. The van der Waals surface area contributed by atoms with E-state index >= 15 is 0 Å². The van der Waals surface area contributed by atoms with Gasteiger partial charge in [0.05, 0.1) is 23.7 Å². The maximum absolute atomic E-state index is 11.1. The van der Waals surface area contributed by atoms with Crippen LogP contribution >= 0.6 is 27.5 Å². The van der Waals surface area contributed by atoms with Crippen LogP contribution in [0.4, 0.5) is 0 Å². The van der Waals surface area contributed by atoms with Crippen LogP contribution in [0.25, 0.3) is 28.2 Å². The molecule has 5 nitrogen and oxygen atoms in total. The lowest BCUT2D eigenvalue weighted by atomic mass is 10.0. The van der Waals surface area contributed by atoms with Crippen molar-refractivity contribution in [1.29, 1.82) is 0 Å². The Morgan fingerprint density at radius 1 is 1.09 bits per heavy atom. The minimum absolute atomic E-state index is 0.0666. The Labute approximate surface area is 212 Å². The summed E-state index contributed by atoms with van der Waals surface area (Å²) >= 11 is 9.69. The number of aliphatic carboxylic acids is 1. The first-order valence-electron chi connectivity index (χ1n) is 11.0. The lowest BCUT2D eigenvalue weighted by Crippen LogP contribution is -2.01. The van der Waals surface area contributed by atoms with Gasteiger partial charge in [0.2, 0.25) is 0 Å². The highest BCUT2D eigenvalue weighted by molar-refractivity contribution is 9.10. The Balaban J connectivity index is 1.86. The second kappa shape index (κ2) is 10.9. The van der Waals surface area contributed by atoms with Crippen molar-refractivity contribution >= 4 is 33.5 Å². The van der Waals surface area contributed by atoms with Crippen LogP contribution in [0.5, 0.6) is 5.75 Å². The van der Waals surface area contributed by atoms with Gasteiger partial charge in [-0.2, -0.15) is 5.10 Å². The summed E-state index contributed by atoms with van der Waals surface area (Å²) in [6, 6.07) is 23.4. The van der Waals surface area contributed by atoms with E-state index < -0.39 is 5.97 Å². The molecule has 0 fully saturated rings. The summed E-state index contributed by atoms with van der Waals surface area (Å²) in [7, 11) is 0. The molecule has 0 unspecified atom stereocenters. The summed E-state index contributed by atoms with van der Waals surface area (Å²) in [4.78, 5) is 11.1. The molecule has 3 aromatic carbocycles. The molecule has 0 radical (unpaired) electrons. The van der Waals surface area contributed by atoms with Gasteiger partial charge >= 0.3 is 5.97 Å². The van der Waals surface area contributed by atoms with Crippen molar-refractivity contribution in [2.45, 2.75) is 26.2 Å². The Hall–Kier alpha value is -3.09. The first kappa shape index (κ1) is 24.0. The molecule has 0 aliphatic heterocycles. The molecule has 1 heterocycles. The molecule has 4 aromatic rings. The number of hydrogen-bond donors (Lipinski definition) is 1. The Morgan fingerprint density at radius 3 is 2.59 bits per heavy atom. The summed E-state index contributed by atoms with van der Waals surface area (Å²) in [6.45, 7) is 2.64. The first-order chi connectivity index (χ1) is 16.4. The van der Waals surface area contributed by atoms with Gasteiger partial charge in [0, 0.05) is 27.0 Å². The Bertz CT molecular complexity index is 1300. The molecule has 0 spiro atoms. The average Bonchev–Trinajstić information content (AvgIpc) is 3.27. The quantitative estimate of drug-likeness (QED) is 0.240. The summed E-state index contributed by atoms with van der Waals surface area (Å²) < 4.78 is 8.89. The Kier molecular flexibility index (Phi) is 7.70. The normalized spacial score (nSPS) is 10.9. The number of carbonyl (C=O) groups is 1. The number of benzene rings is 3. The van der Waals surface area contributed by atoms with Gasteiger partial charge in [-0.05, 0) is 73.0 Å². The maximum Gasteiger partial charge on any atom is 0.303 e. The molecule has 0 saturated carbocycles. The van der Waals surface area contributed by atoms with Gasteiger partial charge in [-0.3, -0.25) is 4.79 Å². The zero-order chi connectivity index (χ0) is 24.1. The van der Waals surface area contributed by atoms with E-state index in [1.807, 2.05) is 77.5 Å². The molecule has 0 atom stereocenters. The molecule has 0 aliphatic rings. The standard InChI is InChI=1S/C27H24BrClN2O3/c1-2-14-34-26-12-6-18(7-13-27(32)33)15-23(26)24-17-25(19-4-3-5-20(28)16-19)31(30-24)22-10-8-21(29)9-11-22/h3-6,8-12,15-17H,2,7,13-14H2,1H3,(H,32,33). The number of nitrogens with zero attached hydrogens (tertiary/aromatic N) is 2. The van der Waals surface area contributed by atoms with Crippen LogP contribution in [0.1, 0.15) is 25.3 Å². The van der Waals surface area contributed by atoms with Gasteiger partial charge in [0.1, 0.15) is 5.75 Å². The number of aryl methyl sites for hydroxylation is 1. The third kappa shape index (κ3) is 5.69. The number of rotatable bonds is 9. The minimum Gasteiger partial charge on any atom is -0.493 e. The predicted octanol–water partition coefficient (Wildman–Crippen LogP) is 7.43. The highest BCUT2D eigenvalue weighted by atomic mass is 79.9. The first-order valence-corrected chi connectivity index (χ1v) is 12.2. The van der Waals surface area contributed by atoms with Crippen LogP contribution in [0.3, 0.4) is 0 Å². The van der Waals surface area contributed by atoms with Crippen molar-refractivity contribution in [2.75, 3.05) is 6.61 Å². The third-order valence-corrected chi connectivity index (χ3v) is 6.06. The number of aromatic nitrogens is 2. The van der Waals surface area contributed by atoms with Crippen LogP contribution in [0.15, 0.2) is 77.3 Å². The van der Waals surface area contributed by atoms with E-state index in [0.717, 1.165) is 50.4 Å². The fourth-order valence-electron chi connectivity index (χ4n) is 3.67. The molecule has 4 rings (SSSR count). The topological polar surface area (TPSA) is 64.3 Å². The monoisotopic (exact) mass is 538 g/mol. The number of carboxylic acid groups (broad SMARTS) is 1. The third-order valence-electron chi connectivity index (χ3n) is 5.31. The zero-order valence-electron chi connectivity index (χ0n) is 18.7. The van der Waals surface area contributed by atoms with Gasteiger partial charge in [-0.1, -0.05) is 52.7 Å². The smallest absolute Gasteiger partial charge is 0.303 e. The minimum atomic E-state index is -0.822. The predicted molar refractivity (Wildman–Crippen MR) is 139 cm³/mol. The largest absolute Gasteiger partial charge is 0.493 e. The van der Waals surface area contributed by atoms with Gasteiger partial charge in [0.15, 0.2) is 0 Å². The number of hydrogen-bond acceptors (Lipinski definition) is 3. The van der Waals surface area contributed by atoms with Crippen molar-refractivity contribution in [3.63, 3.8) is 0 Å². The van der Waals surface area contributed by atoms with Crippen LogP contribution in [0.2, 0.25) is 5.02 Å². The second-order valence-corrected chi connectivity index (χ2v) is 9.24. The highest BCUT2D eigenvalue weighted by Gasteiger charge is 2.17. The Morgan fingerprint density at radius 2 is 1.88 bits per heavy atom. The van der Waals surface area contributed by atoms with Crippen molar-refractivity contribution in [3.8, 4) is 34.0 Å². The molecule has 7 heteroatoms. The molecule has 174 valence electrons. The van der Waals surface area contributed by atoms with E-state index in [4.69, 9.17) is 26.5 Å². The highest BCUT2D eigenvalue weighted by Crippen LogP contribution is 2.35. The maximum atomic E-state index is 11.1. The van der Waals surface area contributed by atoms with Crippen LogP contribution in [-0.4, -0.2) is 27.5 Å². The lowest BCUT2D eigenvalue weighted by Gasteiger charge is -2.11. The number of ether oxygens (including phenoxy) is 1. The van der Waals surface area contributed by atoms with E-state index in [1.54, 1.807) is 0 Å². The van der Waals surface area contributed by atoms with Gasteiger partial charge in [-0.15, -0.1) is 0 Å². The van der Waals surface area contributed by atoms with E-state index in [9.17, 15) is 4.79 Å². The van der Waals surface area contributed by atoms with Crippen LogP contribution in [0, 0.1) is 0 Å². The molecule has 0 aliphatic carbocycles. The van der Waals surface area contributed by atoms with E-state index in [1.165, 1.54) is 0 Å². The molecule has 0 saturated heterocycles. The molecule has 1 aromatic heterocycles. The van der Waals surface area contributed by atoms with Crippen molar-refractivity contribution < 1.29 is 14.6 Å². The molecule has 0 amide bonds. The van der Waals surface area contributed by atoms with Crippen LogP contribution in [-0.2, 0) is 11.2 Å². The molecular weight excluding hydrogens is 516 g/mol. The number of halogens is 2. The van der Waals surface area contributed by atoms with E-state index in [2.05, 4.69) is 22.9 Å². The average molecular weight is 540 g/mol. The van der Waals surface area contributed by atoms with Crippen molar-refractivity contribution in [3.05, 3.63) is 87.9 Å².